The summed E-state index contributed by atoms with van der Waals surface area (Å²) in [6.07, 6.45) is -0.118. The second kappa shape index (κ2) is 18.0. The van der Waals surface area contributed by atoms with Gasteiger partial charge < -0.3 is 20.4 Å². The number of carboxylic acid groups (broad SMARTS) is 2. The van der Waals surface area contributed by atoms with Crippen molar-refractivity contribution in [3.63, 3.8) is 0 Å². The highest BCUT2D eigenvalue weighted by Crippen LogP contribution is 2.47. The lowest BCUT2D eigenvalue weighted by molar-refractivity contribution is -0.137. The van der Waals surface area contributed by atoms with Crippen LogP contribution in [0.4, 0.5) is 0 Å². The Hall–Kier alpha value is -2.51. The van der Waals surface area contributed by atoms with Crippen molar-refractivity contribution in [3.05, 3.63) is 76.3 Å². The molecule has 0 saturated heterocycles. The predicted octanol–water partition coefficient (Wildman–Crippen LogP) is 8.28. The number of hydrogen-bond donors (Lipinski definition) is 4. The molecular weight excluding hydrogens is 593 g/mol. The molecule has 0 aliphatic carbocycles. The molecule has 0 saturated carbocycles. The van der Waals surface area contributed by atoms with Gasteiger partial charge in [0.2, 0.25) is 0 Å². The Morgan fingerprint density at radius 3 is 1.85 bits per heavy atom. The van der Waals surface area contributed by atoms with Crippen LogP contribution in [0.2, 0.25) is 0 Å². The quantitative estimate of drug-likeness (QED) is 0.140. The Morgan fingerprint density at radius 1 is 0.821 bits per heavy atom. The number of hydrogen-bond acceptors (Lipinski definition) is 9. The average Bonchev–Trinajstić information content (AvgIpc) is 3.73. The standard InChI is InChI=1S/C24H18O4S5.C2H6.2CH4O/c1-3-29-13(2)19-9-14(11-21(25)26)23(32-19)17-6-7-18(31-17)24-15(12-22(27)28)10-20(33-24)16-5-4-8-30-16;3*1-2/h3-10H,1-2,11-12H2,(H,25,26)(H,27,28);1-2H3;2*2H,1H3. The molecule has 0 aliphatic rings. The van der Waals surface area contributed by atoms with E-state index in [1.165, 1.54) is 23.1 Å². The van der Waals surface area contributed by atoms with Gasteiger partial charge in [-0.25, -0.2) is 0 Å². The Balaban J connectivity index is 0.00000119. The van der Waals surface area contributed by atoms with Gasteiger partial charge in [0.05, 0.1) is 12.8 Å². The molecule has 39 heavy (non-hydrogen) atoms. The monoisotopic (exact) mass is 624 g/mol. The number of carbonyl (C=O) groups is 2. The normalized spacial score (nSPS) is 9.69. The van der Waals surface area contributed by atoms with Crippen LogP contribution in [0.5, 0.6) is 0 Å². The fourth-order valence-electron chi connectivity index (χ4n) is 3.28. The molecule has 0 radical (unpaired) electrons. The van der Waals surface area contributed by atoms with E-state index >= 15 is 0 Å². The van der Waals surface area contributed by atoms with E-state index < -0.39 is 11.9 Å². The van der Waals surface area contributed by atoms with Gasteiger partial charge in [0.15, 0.2) is 0 Å². The van der Waals surface area contributed by atoms with Crippen molar-refractivity contribution >= 4 is 74.0 Å². The van der Waals surface area contributed by atoms with Crippen LogP contribution in [0.25, 0.3) is 34.2 Å². The first kappa shape index (κ1) is 34.5. The third kappa shape index (κ3) is 9.57. The van der Waals surface area contributed by atoms with E-state index in [0.29, 0.717) is 0 Å². The molecule has 0 unspecified atom stereocenters. The van der Waals surface area contributed by atoms with Gasteiger partial charge in [0.1, 0.15) is 0 Å². The molecule has 0 atom stereocenters. The van der Waals surface area contributed by atoms with Gasteiger partial charge >= 0.3 is 11.9 Å². The van der Waals surface area contributed by atoms with Crippen molar-refractivity contribution in [2.75, 3.05) is 14.2 Å². The molecule has 210 valence electrons. The topological polar surface area (TPSA) is 115 Å². The number of aliphatic carboxylic acids is 2. The van der Waals surface area contributed by atoms with Crippen molar-refractivity contribution < 1.29 is 30.0 Å². The number of aliphatic hydroxyl groups excluding tert-OH is 2. The Bertz CT molecular complexity index is 1340. The molecule has 0 aromatic carbocycles. The highest BCUT2D eigenvalue weighted by atomic mass is 32.2. The van der Waals surface area contributed by atoms with E-state index in [0.717, 1.165) is 64.4 Å². The summed E-state index contributed by atoms with van der Waals surface area (Å²) in [6.45, 7) is 11.8. The van der Waals surface area contributed by atoms with Gasteiger partial charge in [-0.3, -0.25) is 9.59 Å². The molecule has 4 N–H and O–H groups in total. The van der Waals surface area contributed by atoms with Crippen LogP contribution in [0, 0.1) is 0 Å². The predicted molar refractivity (Wildman–Crippen MR) is 171 cm³/mol. The van der Waals surface area contributed by atoms with E-state index in [-0.39, 0.29) is 12.8 Å². The zero-order valence-electron chi connectivity index (χ0n) is 22.1. The van der Waals surface area contributed by atoms with Crippen LogP contribution in [0.3, 0.4) is 0 Å². The SMILES string of the molecule is C=CSC(=C)c1cc(CC(=O)O)c(-c2ccc(-c3sc(-c4cccs4)cc3CC(=O)O)s2)s1.CC.CO.CO. The van der Waals surface area contributed by atoms with Crippen LogP contribution < -0.4 is 0 Å². The molecule has 0 spiro atoms. The minimum atomic E-state index is -0.887. The molecule has 0 aliphatic heterocycles. The Kier molecular flexibility index (Phi) is 15.9. The lowest BCUT2D eigenvalue weighted by atomic mass is 10.1. The number of carboxylic acids is 2. The molecule has 4 aromatic rings. The maximum atomic E-state index is 11.5. The molecule has 0 fully saturated rings. The molecule has 4 rings (SSSR count). The highest BCUT2D eigenvalue weighted by Gasteiger charge is 2.20. The lowest BCUT2D eigenvalue weighted by Gasteiger charge is -1.99. The number of thiophene rings is 4. The van der Waals surface area contributed by atoms with E-state index in [2.05, 4.69) is 13.2 Å². The molecule has 6 nitrogen and oxygen atoms in total. The fraction of sp³-hybridized carbons (Fsp3) is 0.214. The molecular formula is C28H32O6S5. The van der Waals surface area contributed by atoms with Crippen molar-refractivity contribution in [2.24, 2.45) is 0 Å². The highest BCUT2D eigenvalue weighted by molar-refractivity contribution is 8.11. The summed E-state index contributed by atoms with van der Waals surface area (Å²) in [5, 5.41) is 36.5. The summed E-state index contributed by atoms with van der Waals surface area (Å²) in [5.41, 5.74) is 1.54. The minimum Gasteiger partial charge on any atom is -0.481 e. The fourth-order valence-corrected chi connectivity index (χ4v) is 8.28. The van der Waals surface area contributed by atoms with E-state index in [9.17, 15) is 19.8 Å². The second-order valence-corrected chi connectivity index (χ2v) is 12.1. The summed E-state index contributed by atoms with van der Waals surface area (Å²) in [6, 6.07) is 11.9. The molecule has 4 heterocycles. The van der Waals surface area contributed by atoms with Gasteiger partial charge in [-0.15, -0.1) is 45.3 Å². The summed E-state index contributed by atoms with van der Waals surface area (Å²) >= 11 is 7.70. The largest absolute Gasteiger partial charge is 0.481 e. The van der Waals surface area contributed by atoms with Crippen LogP contribution >= 0.6 is 57.1 Å². The van der Waals surface area contributed by atoms with Gasteiger partial charge in [-0.1, -0.05) is 44.8 Å². The Morgan fingerprint density at radius 2 is 1.36 bits per heavy atom. The van der Waals surface area contributed by atoms with Crippen molar-refractivity contribution in [2.45, 2.75) is 26.7 Å². The van der Waals surface area contributed by atoms with Crippen molar-refractivity contribution in [1.29, 1.82) is 0 Å². The van der Waals surface area contributed by atoms with Crippen LogP contribution in [0.1, 0.15) is 29.9 Å². The average molecular weight is 625 g/mol. The van der Waals surface area contributed by atoms with E-state index in [1.807, 2.05) is 55.6 Å². The van der Waals surface area contributed by atoms with Gasteiger partial charge in [0.25, 0.3) is 0 Å². The van der Waals surface area contributed by atoms with Crippen LogP contribution in [0.15, 0.2) is 60.3 Å². The maximum absolute atomic E-state index is 11.5. The summed E-state index contributed by atoms with van der Waals surface area (Å²) in [4.78, 5) is 30.6. The van der Waals surface area contributed by atoms with Crippen molar-refractivity contribution in [3.8, 4) is 29.3 Å². The minimum absolute atomic E-state index is 0.0452. The first-order chi connectivity index (χ1) is 18.9. The van der Waals surface area contributed by atoms with Gasteiger partial charge in [-0.2, -0.15) is 0 Å². The van der Waals surface area contributed by atoms with E-state index in [1.54, 1.807) is 39.4 Å². The number of rotatable bonds is 10. The zero-order valence-corrected chi connectivity index (χ0v) is 26.2. The first-order valence-corrected chi connectivity index (χ1v) is 15.8. The maximum Gasteiger partial charge on any atom is 0.307 e. The van der Waals surface area contributed by atoms with E-state index in [4.69, 9.17) is 10.2 Å². The molecule has 4 aromatic heterocycles. The third-order valence-corrected chi connectivity index (χ3v) is 10.3. The summed E-state index contributed by atoms with van der Waals surface area (Å²) in [7, 11) is 2.00. The van der Waals surface area contributed by atoms with Crippen LogP contribution in [-0.2, 0) is 22.4 Å². The smallest absolute Gasteiger partial charge is 0.307 e. The summed E-state index contributed by atoms with van der Waals surface area (Å²) < 4.78 is 0. The first-order valence-electron chi connectivity index (χ1n) is 11.6. The molecule has 0 amide bonds. The lowest BCUT2D eigenvalue weighted by Crippen LogP contribution is -1.99. The Labute approximate surface area is 249 Å². The van der Waals surface area contributed by atoms with Gasteiger partial charge in [0, 0.05) is 53.3 Å². The van der Waals surface area contributed by atoms with Gasteiger partial charge in [-0.05, 0) is 52.2 Å². The number of aliphatic hydroxyl groups is 2. The van der Waals surface area contributed by atoms with Crippen LogP contribution in [-0.4, -0.2) is 46.6 Å². The zero-order chi connectivity index (χ0) is 29.5. The molecule has 11 heteroatoms. The van der Waals surface area contributed by atoms with Crippen molar-refractivity contribution in [1.82, 2.24) is 0 Å². The molecule has 0 bridgehead atoms. The third-order valence-electron chi connectivity index (χ3n) is 4.62. The second-order valence-electron chi connectivity index (χ2n) is 6.92. The summed E-state index contributed by atoms with van der Waals surface area (Å²) in [5.74, 6) is -1.75. The number of thioether (sulfide) groups is 1.